The van der Waals surface area contributed by atoms with E-state index in [4.69, 9.17) is 14.2 Å². The van der Waals surface area contributed by atoms with Gasteiger partial charge in [0.15, 0.2) is 23.0 Å². The summed E-state index contributed by atoms with van der Waals surface area (Å²) in [5.74, 6) is 2.11. The van der Waals surface area contributed by atoms with Gasteiger partial charge in [-0.2, -0.15) is 0 Å². The van der Waals surface area contributed by atoms with E-state index in [9.17, 15) is 4.79 Å². The summed E-state index contributed by atoms with van der Waals surface area (Å²) in [4.78, 5) is 12.5. The van der Waals surface area contributed by atoms with Gasteiger partial charge in [0.25, 0.3) is 5.91 Å². The predicted molar refractivity (Wildman–Crippen MR) is 108 cm³/mol. The maximum absolute atomic E-state index is 12.5. The van der Waals surface area contributed by atoms with E-state index in [-0.39, 0.29) is 11.6 Å². The number of rotatable bonds is 5. The summed E-state index contributed by atoms with van der Waals surface area (Å²) in [7, 11) is 1.55. The first-order valence-electron chi connectivity index (χ1n) is 9.09. The maximum Gasteiger partial charge on any atom is 0.276 e. The molecule has 2 N–H and O–H groups in total. The molecule has 0 spiro atoms. The molecule has 0 aliphatic carbocycles. The van der Waals surface area contributed by atoms with Crippen molar-refractivity contribution in [3.8, 4) is 17.2 Å². The van der Waals surface area contributed by atoms with Gasteiger partial charge in [0.05, 0.1) is 12.8 Å². The summed E-state index contributed by atoms with van der Waals surface area (Å²) in [6.45, 7) is 3.00. The van der Waals surface area contributed by atoms with Crippen LogP contribution in [0.1, 0.15) is 16.1 Å². The molecular weight excluding hydrogens is 372 g/mol. The number of carbonyl (C=O) groups excluding carboxylic acids is 1. The number of aromatic nitrogens is 2. The number of fused-ring (bicyclic) bond motifs is 1. The second-order valence-corrected chi connectivity index (χ2v) is 6.45. The highest BCUT2D eigenvalue weighted by molar-refractivity contribution is 6.03. The van der Waals surface area contributed by atoms with Crippen LogP contribution in [-0.4, -0.2) is 36.4 Å². The number of anilines is 3. The van der Waals surface area contributed by atoms with Gasteiger partial charge in [0.2, 0.25) is 0 Å². The summed E-state index contributed by atoms with van der Waals surface area (Å²) in [5, 5.41) is 14.0. The van der Waals surface area contributed by atoms with Crippen LogP contribution in [0.3, 0.4) is 0 Å². The number of hydrogen-bond acceptors (Lipinski definition) is 7. The molecular formula is C21H20N4O4. The van der Waals surface area contributed by atoms with Crippen molar-refractivity contribution < 1.29 is 19.0 Å². The van der Waals surface area contributed by atoms with Crippen molar-refractivity contribution in [2.75, 3.05) is 31.0 Å². The second kappa shape index (κ2) is 8.05. The molecule has 2 aromatic carbocycles. The predicted octanol–water partition coefficient (Wildman–Crippen LogP) is 3.56. The zero-order valence-electron chi connectivity index (χ0n) is 16.1. The lowest BCUT2D eigenvalue weighted by molar-refractivity contribution is 0.102. The number of aryl methyl sites for hydroxylation is 1. The van der Waals surface area contributed by atoms with Crippen LogP contribution in [0.25, 0.3) is 0 Å². The van der Waals surface area contributed by atoms with Crippen molar-refractivity contribution in [2.45, 2.75) is 6.92 Å². The Hall–Kier alpha value is -3.81. The smallest absolute Gasteiger partial charge is 0.276 e. The lowest BCUT2D eigenvalue weighted by atomic mass is 10.2. The first-order valence-corrected chi connectivity index (χ1v) is 9.09. The Morgan fingerprint density at radius 3 is 2.59 bits per heavy atom. The van der Waals surface area contributed by atoms with Crippen LogP contribution in [0.2, 0.25) is 0 Å². The Bertz CT molecular complexity index is 1040. The molecule has 0 fully saturated rings. The average Bonchev–Trinajstić information content (AvgIpc) is 2.74. The SMILES string of the molecule is COc1ccc(C)cc1NC(=O)c1ccc(Nc2ccc3c(c2)OCCO3)nn1. The monoisotopic (exact) mass is 392 g/mol. The number of methoxy groups -OCH3 is 1. The van der Waals surface area contributed by atoms with Crippen molar-refractivity contribution >= 4 is 23.1 Å². The summed E-state index contributed by atoms with van der Waals surface area (Å²) in [6, 6.07) is 14.4. The van der Waals surface area contributed by atoms with Crippen molar-refractivity contribution in [3.05, 3.63) is 59.8 Å². The Morgan fingerprint density at radius 1 is 1.00 bits per heavy atom. The van der Waals surface area contributed by atoms with E-state index in [1.807, 2.05) is 37.3 Å². The van der Waals surface area contributed by atoms with Crippen LogP contribution in [0.5, 0.6) is 17.2 Å². The van der Waals surface area contributed by atoms with Gasteiger partial charge < -0.3 is 24.8 Å². The molecule has 0 saturated heterocycles. The molecule has 0 radical (unpaired) electrons. The minimum absolute atomic E-state index is 0.196. The van der Waals surface area contributed by atoms with Crippen LogP contribution in [-0.2, 0) is 0 Å². The van der Waals surface area contributed by atoms with E-state index in [1.54, 1.807) is 25.3 Å². The third-order valence-electron chi connectivity index (χ3n) is 4.31. The maximum atomic E-state index is 12.5. The van der Waals surface area contributed by atoms with Crippen molar-refractivity contribution in [1.29, 1.82) is 0 Å². The summed E-state index contributed by atoms with van der Waals surface area (Å²) >= 11 is 0. The quantitative estimate of drug-likeness (QED) is 0.685. The van der Waals surface area contributed by atoms with Crippen LogP contribution >= 0.6 is 0 Å². The Kier molecular flexibility index (Phi) is 5.15. The van der Waals surface area contributed by atoms with Gasteiger partial charge in [-0.1, -0.05) is 6.07 Å². The van der Waals surface area contributed by atoms with Gasteiger partial charge in [-0.05, 0) is 48.9 Å². The molecule has 0 bridgehead atoms. The number of ether oxygens (including phenoxy) is 3. The minimum Gasteiger partial charge on any atom is -0.495 e. The zero-order chi connectivity index (χ0) is 20.2. The average molecular weight is 392 g/mol. The van der Waals surface area contributed by atoms with Gasteiger partial charge >= 0.3 is 0 Å². The van der Waals surface area contributed by atoms with Crippen molar-refractivity contribution in [2.24, 2.45) is 0 Å². The molecule has 3 aromatic rings. The summed E-state index contributed by atoms with van der Waals surface area (Å²) in [5.41, 5.74) is 2.57. The highest BCUT2D eigenvalue weighted by atomic mass is 16.6. The lowest BCUT2D eigenvalue weighted by Crippen LogP contribution is -2.16. The number of carbonyl (C=O) groups is 1. The van der Waals surface area contributed by atoms with Gasteiger partial charge in [-0.15, -0.1) is 10.2 Å². The molecule has 29 heavy (non-hydrogen) atoms. The summed E-state index contributed by atoms with van der Waals surface area (Å²) in [6.07, 6.45) is 0. The van der Waals surface area contributed by atoms with Crippen molar-refractivity contribution in [3.63, 3.8) is 0 Å². The molecule has 0 saturated carbocycles. The van der Waals surface area contributed by atoms with E-state index in [1.165, 1.54) is 0 Å². The number of amides is 1. The second-order valence-electron chi connectivity index (χ2n) is 6.45. The van der Waals surface area contributed by atoms with Gasteiger partial charge in [-0.3, -0.25) is 4.79 Å². The molecule has 1 aliphatic rings. The first kappa shape index (κ1) is 18.5. The minimum atomic E-state index is -0.368. The largest absolute Gasteiger partial charge is 0.495 e. The fourth-order valence-corrected chi connectivity index (χ4v) is 2.89. The third-order valence-corrected chi connectivity index (χ3v) is 4.31. The van der Waals surface area contributed by atoms with E-state index >= 15 is 0 Å². The van der Waals surface area contributed by atoms with Gasteiger partial charge in [0.1, 0.15) is 19.0 Å². The zero-order valence-corrected chi connectivity index (χ0v) is 16.1. The molecule has 2 heterocycles. The topological polar surface area (TPSA) is 94.6 Å². The Balaban J connectivity index is 1.45. The van der Waals surface area contributed by atoms with E-state index in [0.29, 0.717) is 42.0 Å². The Morgan fingerprint density at radius 2 is 1.83 bits per heavy atom. The lowest BCUT2D eigenvalue weighted by Gasteiger charge is -2.19. The molecule has 8 nitrogen and oxygen atoms in total. The van der Waals surface area contributed by atoms with E-state index < -0.39 is 0 Å². The van der Waals surface area contributed by atoms with Crippen LogP contribution in [0, 0.1) is 6.92 Å². The standard InChI is InChI=1S/C21H20N4O4/c1-13-3-6-17(27-2)16(11-13)23-21(26)15-5-8-20(25-24-15)22-14-4-7-18-19(12-14)29-10-9-28-18/h3-8,11-12H,9-10H2,1-2H3,(H,22,25)(H,23,26). The first-order chi connectivity index (χ1) is 14.1. The summed E-state index contributed by atoms with van der Waals surface area (Å²) < 4.78 is 16.4. The molecule has 0 atom stereocenters. The highest BCUT2D eigenvalue weighted by Crippen LogP contribution is 2.33. The van der Waals surface area contributed by atoms with E-state index in [0.717, 1.165) is 11.3 Å². The third kappa shape index (κ3) is 4.21. The molecule has 148 valence electrons. The van der Waals surface area contributed by atoms with Crippen LogP contribution in [0.15, 0.2) is 48.5 Å². The molecule has 8 heteroatoms. The fourth-order valence-electron chi connectivity index (χ4n) is 2.89. The van der Waals surface area contributed by atoms with Gasteiger partial charge in [0, 0.05) is 11.8 Å². The molecule has 1 aromatic heterocycles. The number of benzene rings is 2. The number of nitrogens with zero attached hydrogens (tertiary/aromatic N) is 2. The molecule has 4 rings (SSSR count). The Labute approximate surface area is 167 Å². The molecule has 0 unspecified atom stereocenters. The van der Waals surface area contributed by atoms with Crippen LogP contribution < -0.4 is 24.8 Å². The number of hydrogen-bond donors (Lipinski definition) is 2. The van der Waals surface area contributed by atoms with Crippen molar-refractivity contribution in [1.82, 2.24) is 10.2 Å². The fraction of sp³-hybridized carbons (Fsp3) is 0.190. The number of nitrogens with one attached hydrogen (secondary N) is 2. The highest BCUT2D eigenvalue weighted by Gasteiger charge is 2.14. The van der Waals surface area contributed by atoms with Gasteiger partial charge in [-0.25, -0.2) is 0 Å². The molecule has 1 aliphatic heterocycles. The van der Waals surface area contributed by atoms with E-state index in [2.05, 4.69) is 20.8 Å². The molecule has 1 amide bonds. The van der Waals surface area contributed by atoms with Crippen LogP contribution in [0.4, 0.5) is 17.2 Å². The normalized spacial score (nSPS) is 12.2.